The summed E-state index contributed by atoms with van der Waals surface area (Å²) in [7, 11) is 0. The van der Waals surface area contributed by atoms with Crippen LogP contribution < -0.4 is 4.90 Å². The predicted octanol–water partition coefficient (Wildman–Crippen LogP) is 4.47. The lowest BCUT2D eigenvalue weighted by molar-refractivity contribution is -0.138. The van der Waals surface area contributed by atoms with Gasteiger partial charge in [0.25, 0.3) is 0 Å². The minimum absolute atomic E-state index is 0.0719. The van der Waals surface area contributed by atoms with Crippen LogP contribution in [-0.2, 0) is 16.1 Å². The van der Waals surface area contributed by atoms with Gasteiger partial charge in [0.1, 0.15) is 16.3 Å². The van der Waals surface area contributed by atoms with Crippen molar-refractivity contribution in [1.82, 2.24) is 4.98 Å². The summed E-state index contributed by atoms with van der Waals surface area (Å²) in [5, 5.41) is 7.96. The molecule has 30 heavy (non-hydrogen) atoms. The quantitative estimate of drug-likeness (QED) is 0.353. The van der Waals surface area contributed by atoms with Gasteiger partial charge >= 0.3 is 5.97 Å². The Bertz CT molecular complexity index is 1170. The molecule has 0 saturated carbocycles. The summed E-state index contributed by atoms with van der Waals surface area (Å²) < 4.78 is 68.1. The van der Waals surface area contributed by atoms with E-state index in [1.54, 1.807) is 0 Å². The summed E-state index contributed by atoms with van der Waals surface area (Å²) in [6.07, 6.45) is -0.504. The van der Waals surface area contributed by atoms with Gasteiger partial charge < -0.3 is 10.0 Å². The number of carbonyl (C=O) groups is 2. The van der Waals surface area contributed by atoms with Crippen LogP contribution in [0.3, 0.4) is 0 Å². The Kier molecular flexibility index (Phi) is 5.14. The highest BCUT2D eigenvalue weighted by molar-refractivity contribution is 8.01. The summed E-state index contributed by atoms with van der Waals surface area (Å²) in [4.78, 5) is 29.2. The zero-order valence-electron chi connectivity index (χ0n) is 14.6. The van der Waals surface area contributed by atoms with Gasteiger partial charge in [0.15, 0.2) is 23.3 Å². The number of nitrogens with zero attached hydrogens (tertiary/aromatic N) is 2. The number of carboxylic acids is 1. The Morgan fingerprint density at radius 2 is 1.80 bits per heavy atom. The van der Waals surface area contributed by atoms with E-state index in [4.69, 9.17) is 5.11 Å². The molecule has 1 unspecified atom stereocenters. The number of hydrogen-bond donors (Lipinski definition) is 1. The van der Waals surface area contributed by atoms with Gasteiger partial charge in [-0.3, -0.25) is 9.59 Å². The monoisotopic (exact) mass is 460 g/mol. The second-order valence-corrected chi connectivity index (χ2v) is 8.61. The Morgan fingerprint density at radius 3 is 2.50 bits per heavy atom. The lowest BCUT2D eigenvalue weighted by Crippen LogP contribution is -2.41. The molecule has 1 aliphatic heterocycles. The lowest BCUT2D eigenvalue weighted by Gasteiger charge is -2.32. The fraction of sp³-hybridized carbons (Fsp3) is 0.167. The lowest BCUT2D eigenvalue weighted by atomic mass is 10.2. The number of thiazole rings is 1. The van der Waals surface area contributed by atoms with Crippen molar-refractivity contribution in [1.29, 1.82) is 0 Å². The van der Waals surface area contributed by atoms with Crippen LogP contribution in [-0.4, -0.2) is 27.2 Å². The number of hydrogen-bond acceptors (Lipinski definition) is 5. The molecule has 0 fully saturated rings. The Hall–Kier alpha value is -2.73. The van der Waals surface area contributed by atoms with Crippen LogP contribution in [0, 0.1) is 29.1 Å². The van der Waals surface area contributed by atoms with E-state index in [0.29, 0.717) is 16.2 Å². The van der Waals surface area contributed by atoms with Crippen LogP contribution in [0.25, 0.3) is 10.2 Å². The summed E-state index contributed by atoms with van der Waals surface area (Å²) in [5.74, 6) is -9.80. The second kappa shape index (κ2) is 7.51. The van der Waals surface area contributed by atoms with Crippen molar-refractivity contribution in [2.45, 2.75) is 23.1 Å². The van der Waals surface area contributed by atoms with E-state index in [0.717, 1.165) is 28.8 Å². The zero-order chi connectivity index (χ0) is 21.7. The van der Waals surface area contributed by atoms with Crippen molar-refractivity contribution in [3.63, 3.8) is 0 Å². The molecule has 0 saturated heterocycles. The molecule has 2 aromatic carbocycles. The van der Waals surface area contributed by atoms with E-state index in [1.807, 2.05) is 0 Å². The Morgan fingerprint density at radius 1 is 1.10 bits per heavy atom. The molecule has 12 heteroatoms. The molecule has 0 radical (unpaired) electrons. The number of benzene rings is 2. The van der Waals surface area contributed by atoms with Crippen molar-refractivity contribution < 1.29 is 36.6 Å². The van der Waals surface area contributed by atoms with E-state index in [-0.39, 0.29) is 10.7 Å². The molecular formula is C18H9F5N2O3S2. The number of aliphatic carboxylic acids is 1. The third-order valence-electron chi connectivity index (χ3n) is 4.33. The maximum atomic E-state index is 14.0. The number of rotatable bonds is 4. The van der Waals surface area contributed by atoms with Gasteiger partial charge in [0.2, 0.25) is 5.91 Å². The average Bonchev–Trinajstić information content (AvgIpc) is 3.12. The second-order valence-electron chi connectivity index (χ2n) is 6.28. The number of carboxylic acid groups (broad SMARTS) is 1. The fourth-order valence-corrected chi connectivity index (χ4v) is 5.18. The van der Waals surface area contributed by atoms with Gasteiger partial charge in [-0.15, -0.1) is 23.1 Å². The molecule has 0 bridgehead atoms. The Balaban J connectivity index is 1.78. The number of halogens is 5. The predicted molar refractivity (Wildman–Crippen MR) is 98.9 cm³/mol. The first-order valence-electron chi connectivity index (χ1n) is 8.28. The van der Waals surface area contributed by atoms with E-state index in [1.165, 1.54) is 6.07 Å². The molecule has 1 N–H and O–H groups in total. The highest BCUT2D eigenvalue weighted by Crippen LogP contribution is 2.42. The van der Waals surface area contributed by atoms with E-state index in [2.05, 4.69) is 4.98 Å². The van der Waals surface area contributed by atoms with Crippen molar-refractivity contribution in [2.75, 3.05) is 4.90 Å². The van der Waals surface area contributed by atoms with Gasteiger partial charge in [0.05, 0.1) is 28.6 Å². The van der Waals surface area contributed by atoms with Crippen molar-refractivity contribution >= 4 is 50.9 Å². The normalized spacial score (nSPS) is 16.2. The Labute approximate surface area is 173 Å². The van der Waals surface area contributed by atoms with Gasteiger partial charge in [-0.2, -0.15) is 0 Å². The van der Waals surface area contributed by atoms with Crippen LogP contribution in [0.15, 0.2) is 23.1 Å². The van der Waals surface area contributed by atoms with Crippen molar-refractivity contribution in [3.8, 4) is 0 Å². The van der Waals surface area contributed by atoms with Crippen molar-refractivity contribution in [2.24, 2.45) is 0 Å². The van der Waals surface area contributed by atoms with Crippen LogP contribution in [0.5, 0.6) is 0 Å². The van der Waals surface area contributed by atoms with Crippen LogP contribution in [0.1, 0.15) is 11.4 Å². The average molecular weight is 460 g/mol. The van der Waals surface area contributed by atoms with E-state index < -0.39 is 69.4 Å². The standard InChI is InChI=1S/C18H9F5N2O3S2/c19-6-1-2-8-7(3-6)25(18(28)9(29-8)4-11(26)27)5-10-24-16-14(22)12(20)13(21)15(23)17(16)30-10/h1-3,9H,4-5H2,(H,26,27). The number of anilines is 1. The smallest absolute Gasteiger partial charge is 0.305 e. The first-order chi connectivity index (χ1) is 14.2. The number of carbonyl (C=O) groups excluding carboxylic acids is 1. The number of thioether (sulfide) groups is 1. The number of aromatic nitrogens is 1. The van der Waals surface area contributed by atoms with Gasteiger partial charge in [-0.05, 0) is 18.2 Å². The first-order valence-corrected chi connectivity index (χ1v) is 9.97. The highest BCUT2D eigenvalue weighted by atomic mass is 32.2. The fourth-order valence-electron chi connectivity index (χ4n) is 3.01. The van der Waals surface area contributed by atoms with E-state index >= 15 is 0 Å². The third-order valence-corrected chi connectivity index (χ3v) is 6.62. The molecule has 4 rings (SSSR count). The van der Waals surface area contributed by atoms with Gasteiger partial charge in [0, 0.05) is 4.90 Å². The molecule has 1 amide bonds. The maximum Gasteiger partial charge on any atom is 0.305 e. The summed E-state index contributed by atoms with van der Waals surface area (Å²) >= 11 is 1.46. The summed E-state index contributed by atoms with van der Waals surface area (Å²) in [6.45, 7) is -0.395. The number of fused-ring (bicyclic) bond motifs is 2. The number of amides is 1. The molecule has 5 nitrogen and oxygen atoms in total. The molecule has 1 aromatic heterocycles. The summed E-state index contributed by atoms with van der Waals surface area (Å²) in [5.41, 5.74) is -0.601. The largest absolute Gasteiger partial charge is 0.481 e. The maximum absolute atomic E-state index is 14.0. The van der Waals surface area contributed by atoms with Crippen LogP contribution in [0.2, 0.25) is 0 Å². The molecule has 156 valence electrons. The third kappa shape index (κ3) is 3.39. The van der Waals surface area contributed by atoms with Crippen molar-refractivity contribution in [3.05, 3.63) is 52.3 Å². The minimum atomic E-state index is -2.00. The minimum Gasteiger partial charge on any atom is -0.481 e. The molecule has 0 aliphatic carbocycles. The molecule has 2 heterocycles. The zero-order valence-corrected chi connectivity index (χ0v) is 16.2. The van der Waals surface area contributed by atoms with Crippen LogP contribution >= 0.6 is 23.1 Å². The van der Waals surface area contributed by atoms with Gasteiger partial charge in [-0.25, -0.2) is 26.9 Å². The SMILES string of the molecule is O=C(O)CC1Sc2ccc(F)cc2N(Cc2nc3c(F)c(F)c(F)c(F)c3s2)C1=O. The summed E-state index contributed by atoms with van der Waals surface area (Å²) in [6, 6.07) is 3.59. The molecule has 0 spiro atoms. The first kappa shape index (κ1) is 20.5. The molecular weight excluding hydrogens is 451 g/mol. The highest BCUT2D eigenvalue weighted by Gasteiger charge is 2.36. The molecule has 1 atom stereocenters. The van der Waals surface area contributed by atoms with Gasteiger partial charge in [-0.1, -0.05) is 0 Å². The van der Waals surface area contributed by atoms with E-state index in [9.17, 15) is 31.5 Å². The topological polar surface area (TPSA) is 70.5 Å². The molecule has 3 aromatic rings. The van der Waals surface area contributed by atoms with Crippen LogP contribution in [0.4, 0.5) is 27.6 Å². The molecule has 1 aliphatic rings.